The van der Waals surface area contributed by atoms with Crippen molar-refractivity contribution in [2.75, 3.05) is 0 Å². The quantitative estimate of drug-likeness (QED) is 0.627. The first kappa shape index (κ1) is 7.69. The van der Waals surface area contributed by atoms with Crippen LogP contribution in [0.4, 0.5) is 0 Å². The number of aromatic amines is 1. The Bertz CT molecular complexity index is 550. The van der Waals surface area contributed by atoms with Crippen molar-refractivity contribution in [1.82, 2.24) is 19.8 Å². The second kappa shape index (κ2) is 2.21. The lowest BCUT2D eigenvalue weighted by Crippen LogP contribution is -2.23. The summed E-state index contributed by atoms with van der Waals surface area (Å²) in [4.78, 5) is 11.2. The van der Waals surface area contributed by atoms with E-state index in [1.54, 1.807) is 6.07 Å². The number of nitrogens with one attached hydrogen (secondary N) is 1. The molecule has 0 unspecified atom stereocenters. The molecule has 0 aliphatic heterocycles. The normalized spacial score (nSPS) is 18.6. The molecule has 72 valence electrons. The highest BCUT2D eigenvalue weighted by Crippen LogP contribution is 2.41. The van der Waals surface area contributed by atoms with Gasteiger partial charge < -0.3 is 5.73 Å². The highest BCUT2D eigenvalue weighted by Gasteiger charge is 2.41. The van der Waals surface area contributed by atoms with Gasteiger partial charge in [0.15, 0.2) is 5.65 Å². The van der Waals surface area contributed by atoms with Crippen LogP contribution >= 0.6 is 0 Å². The molecule has 1 aliphatic rings. The summed E-state index contributed by atoms with van der Waals surface area (Å²) in [5.74, 6) is 0. The molecule has 0 atom stereocenters. The second-order valence-electron chi connectivity index (χ2n) is 3.67. The number of hydrogen-bond acceptors (Lipinski definition) is 4. The van der Waals surface area contributed by atoms with Gasteiger partial charge >= 0.3 is 5.69 Å². The third-order valence-corrected chi connectivity index (χ3v) is 2.57. The summed E-state index contributed by atoms with van der Waals surface area (Å²) in [7, 11) is 0. The fourth-order valence-corrected chi connectivity index (χ4v) is 1.46. The zero-order chi connectivity index (χ0) is 9.76. The van der Waals surface area contributed by atoms with E-state index in [9.17, 15) is 4.79 Å². The summed E-state index contributed by atoms with van der Waals surface area (Å²) >= 11 is 0. The Hall–Kier alpha value is -1.69. The summed E-state index contributed by atoms with van der Waals surface area (Å²) in [5.41, 5.74) is 6.60. The smallest absolute Gasteiger partial charge is 0.320 e. The molecule has 6 heteroatoms. The Balaban J connectivity index is 2.28. The molecule has 0 bridgehead atoms. The maximum Gasteiger partial charge on any atom is 0.364 e. The summed E-state index contributed by atoms with van der Waals surface area (Å²) in [6.45, 7) is 0. The maximum absolute atomic E-state index is 11.2. The van der Waals surface area contributed by atoms with Crippen LogP contribution in [0.25, 0.3) is 5.65 Å². The lowest BCUT2D eigenvalue weighted by atomic mass is 10.2. The van der Waals surface area contributed by atoms with Crippen LogP contribution in [0.1, 0.15) is 18.5 Å². The van der Waals surface area contributed by atoms with Gasteiger partial charge in [-0.25, -0.2) is 9.89 Å². The molecule has 1 saturated carbocycles. The number of nitrogens with zero attached hydrogens (tertiary/aromatic N) is 3. The molecule has 1 aliphatic carbocycles. The van der Waals surface area contributed by atoms with Crippen molar-refractivity contribution in [3.05, 3.63) is 28.3 Å². The van der Waals surface area contributed by atoms with Gasteiger partial charge in [0.05, 0.1) is 11.2 Å². The third kappa shape index (κ3) is 0.912. The van der Waals surface area contributed by atoms with E-state index in [1.165, 1.54) is 4.52 Å². The molecule has 14 heavy (non-hydrogen) atoms. The van der Waals surface area contributed by atoms with E-state index in [-0.39, 0.29) is 11.2 Å². The third-order valence-electron chi connectivity index (χ3n) is 2.57. The molecular formula is C8H9N5O. The van der Waals surface area contributed by atoms with Gasteiger partial charge in [0, 0.05) is 0 Å². The van der Waals surface area contributed by atoms with E-state index in [4.69, 9.17) is 5.73 Å². The molecule has 1 fully saturated rings. The van der Waals surface area contributed by atoms with E-state index >= 15 is 0 Å². The molecule has 2 aromatic rings. The Kier molecular flexibility index (Phi) is 1.22. The molecule has 3 rings (SSSR count). The lowest BCUT2D eigenvalue weighted by Gasteiger charge is -2.06. The van der Waals surface area contributed by atoms with Gasteiger partial charge in [0.1, 0.15) is 0 Å². The fraction of sp³-hybridized carbons (Fsp3) is 0.375. The second-order valence-corrected chi connectivity index (χ2v) is 3.67. The lowest BCUT2D eigenvalue weighted by molar-refractivity contribution is 0.670. The minimum Gasteiger partial charge on any atom is -0.320 e. The van der Waals surface area contributed by atoms with Gasteiger partial charge in [-0.15, -0.1) is 0 Å². The van der Waals surface area contributed by atoms with Gasteiger partial charge in [-0.1, -0.05) is 0 Å². The monoisotopic (exact) mass is 191 g/mol. The molecule has 2 aromatic heterocycles. The molecule has 0 amide bonds. The average Bonchev–Trinajstić information content (AvgIpc) is 2.84. The number of fused-ring (bicyclic) bond motifs is 1. The fourth-order valence-electron chi connectivity index (χ4n) is 1.46. The molecule has 0 aromatic carbocycles. The van der Waals surface area contributed by atoms with E-state index < -0.39 is 0 Å². The molecular weight excluding hydrogens is 182 g/mol. The van der Waals surface area contributed by atoms with E-state index in [2.05, 4.69) is 15.3 Å². The zero-order valence-electron chi connectivity index (χ0n) is 7.40. The van der Waals surface area contributed by atoms with Crippen LogP contribution in [-0.2, 0) is 5.54 Å². The Morgan fingerprint density at radius 2 is 2.29 bits per heavy atom. The molecule has 0 radical (unpaired) electrons. The molecule has 6 nitrogen and oxygen atoms in total. The molecule has 0 saturated heterocycles. The SMILES string of the molecule is NC1(c2ccc3n[nH]c(=O)n3n2)CC1. The standard InChI is InChI=1S/C8H9N5O/c9-8(3-4-8)5-1-2-6-10-11-7(14)13(6)12-5/h1-2H,3-4,9H2,(H,11,14). The van der Waals surface area contributed by atoms with Crippen LogP contribution in [0.3, 0.4) is 0 Å². The summed E-state index contributed by atoms with van der Waals surface area (Å²) < 4.78 is 1.24. The Labute approximate surface area is 78.7 Å². The largest absolute Gasteiger partial charge is 0.364 e. The van der Waals surface area contributed by atoms with Crippen LogP contribution in [0.2, 0.25) is 0 Å². The van der Waals surface area contributed by atoms with E-state index in [0.717, 1.165) is 18.5 Å². The minimum absolute atomic E-state index is 0.315. The van der Waals surface area contributed by atoms with Gasteiger partial charge in [-0.05, 0) is 25.0 Å². The zero-order valence-corrected chi connectivity index (χ0v) is 7.40. The Morgan fingerprint density at radius 3 is 3.00 bits per heavy atom. The van der Waals surface area contributed by atoms with Gasteiger partial charge in [0.25, 0.3) is 0 Å². The van der Waals surface area contributed by atoms with Gasteiger partial charge in [0.2, 0.25) is 0 Å². The summed E-state index contributed by atoms with van der Waals surface area (Å²) in [6.07, 6.45) is 1.86. The van der Waals surface area contributed by atoms with Crippen molar-refractivity contribution in [1.29, 1.82) is 0 Å². The van der Waals surface area contributed by atoms with Gasteiger partial charge in [-0.3, -0.25) is 0 Å². The maximum atomic E-state index is 11.2. The van der Waals surface area contributed by atoms with Crippen molar-refractivity contribution in [2.45, 2.75) is 18.4 Å². The van der Waals surface area contributed by atoms with Crippen LogP contribution in [0, 0.1) is 0 Å². The van der Waals surface area contributed by atoms with Crippen LogP contribution < -0.4 is 11.4 Å². The predicted octanol–water partition coefficient (Wildman–Crippen LogP) is -0.635. The minimum atomic E-state index is -0.328. The number of rotatable bonds is 1. The summed E-state index contributed by atoms with van der Waals surface area (Å²) in [5, 5.41) is 10.3. The first-order chi connectivity index (χ1) is 6.69. The van der Waals surface area contributed by atoms with Crippen molar-refractivity contribution < 1.29 is 0 Å². The predicted molar refractivity (Wildman–Crippen MR) is 48.7 cm³/mol. The number of aromatic nitrogens is 4. The number of H-pyrrole nitrogens is 1. The first-order valence-electron chi connectivity index (χ1n) is 4.43. The Morgan fingerprint density at radius 1 is 1.50 bits per heavy atom. The molecule has 3 N–H and O–H groups in total. The highest BCUT2D eigenvalue weighted by atomic mass is 16.2. The van der Waals surface area contributed by atoms with Crippen LogP contribution in [-0.4, -0.2) is 19.8 Å². The van der Waals surface area contributed by atoms with Crippen molar-refractivity contribution in [2.24, 2.45) is 5.73 Å². The van der Waals surface area contributed by atoms with Crippen molar-refractivity contribution in [3.8, 4) is 0 Å². The van der Waals surface area contributed by atoms with Gasteiger partial charge in [-0.2, -0.15) is 14.7 Å². The molecule has 0 spiro atoms. The summed E-state index contributed by atoms with van der Waals surface area (Å²) in [6, 6.07) is 3.57. The number of nitrogens with two attached hydrogens (primary N) is 1. The average molecular weight is 191 g/mol. The van der Waals surface area contributed by atoms with Crippen molar-refractivity contribution in [3.63, 3.8) is 0 Å². The number of hydrogen-bond donors (Lipinski definition) is 2. The van der Waals surface area contributed by atoms with Crippen LogP contribution in [0.15, 0.2) is 16.9 Å². The van der Waals surface area contributed by atoms with E-state index in [1.807, 2.05) is 6.07 Å². The van der Waals surface area contributed by atoms with Crippen molar-refractivity contribution >= 4 is 5.65 Å². The topological polar surface area (TPSA) is 89.1 Å². The highest BCUT2D eigenvalue weighted by molar-refractivity contribution is 5.36. The first-order valence-corrected chi connectivity index (χ1v) is 4.43. The van der Waals surface area contributed by atoms with E-state index in [0.29, 0.717) is 5.65 Å². The molecule has 2 heterocycles. The van der Waals surface area contributed by atoms with Crippen LogP contribution in [0.5, 0.6) is 0 Å².